The molecule has 3 heteroatoms. The molecule has 1 aromatic heterocycles. The Kier molecular flexibility index (Phi) is 2.08. The van der Waals surface area contributed by atoms with Crippen molar-refractivity contribution in [1.29, 1.82) is 0 Å². The molecule has 1 aliphatic rings. The van der Waals surface area contributed by atoms with Crippen LogP contribution in [0.25, 0.3) is 0 Å². The van der Waals surface area contributed by atoms with E-state index in [1.54, 1.807) is 6.20 Å². The van der Waals surface area contributed by atoms with Gasteiger partial charge in [0.1, 0.15) is 0 Å². The lowest BCUT2D eigenvalue weighted by molar-refractivity contribution is 0.708. The largest absolute Gasteiger partial charge is 0.368 e. The molecule has 3 nitrogen and oxygen atoms in total. The molecule has 72 valence electrons. The Bertz CT molecular complexity index is 381. The van der Waals surface area contributed by atoms with E-state index in [-0.39, 0.29) is 5.41 Å². The monoisotopic (exact) mass is 187 g/mol. The molecular weight excluding hydrogens is 174 g/mol. The summed E-state index contributed by atoms with van der Waals surface area (Å²) in [6, 6.07) is 1.90. The summed E-state index contributed by atoms with van der Waals surface area (Å²) in [4.78, 5) is 8.12. The summed E-state index contributed by atoms with van der Waals surface area (Å²) in [7, 11) is 0. The number of rotatable bonds is 1. The maximum atomic E-state index is 5.55. The van der Waals surface area contributed by atoms with Gasteiger partial charge in [-0.3, -0.25) is 0 Å². The van der Waals surface area contributed by atoms with Crippen LogP contribution in [0.5, 0.6) is 0 Å². The highest BCUT2D eigenvalue weighted by atomic mass is 15.0. The van der Waals surface area contributed by atoms with Crippen molar-refractivity contribution in [2.24, 2.45) is 0 Å². The number of anilines is 1. The molecule has 0 amide bonds. The van der Waals surface area contributed by atoms with E-state index in [1.807, 2.05) is 6.07 Å². The van der Waals surface area contributed by atoms with E-state index in [4.69, 9.17) is 5.73 Å². The fourth-order valence-corrected chi connectivity index (χ4v) is 1.60. The van der Waals surface area contributed by atoms with Gasteiger partial charge < -0.3 is 5.73 Å². The third kappa shape index (κ3) is 1.53. The topological polar surface area (TPSA) is 51.8 Å². The minimum absolute atomic E-state index is 0.130. The summed E-state index contributed by atoms with van der Waals surface area (Å²) in [5, 5.41) is 0. The van der Waals surface area contributed by atoms with Gasteiger partial charge in [-0.2, -0.15) is 0 Å². The van der Waals surface area contributed by atoms with E-state index in [1.165, 1.54) is 0 Å². The van der Waals surface area contributed by atoms with Crippen molar-refractivity contribution in [2.75, 3.05) is 5.73 Å². The van der Waals surface area contributed by atoms with E-state index in [9.17, 15) is 0 Å². The molecule has 0 fully saturated rings. The van der Waals surface area contributed by atoms with Crippen LogP contribution in [0.4, 0.5) is 5.95 Å². The van der Waals surface area contributed by atoms with Crippen LogP contribution in [-0.4, -0.2) is 9.97 Å². The van der Waals surface area contributed by atoms with Crippen molar-refractivity contribution in [3.05, 3.63) is 42.3 Å². The highest BCUT2D eigenvalue weighted by Gasteiger charge is 2.23. The predicted octanol–water partition coefficient (Wildman–Crippen LogP) is 1.83. The Hall–Kier alpha value is -1.64. The summed E-state index contributed by atoms with van der Waals surface area (Å²) in [6.07, 6.45) is 11.3. The number of nitrogen functional groups attached to an aromatic ring is 1. The zero-order valence-electron chi connectivity index (χ0n) is 8.14. The second-order valence-corrected chi connectivity index (χ2v) is 3.62. The van der Waals surface area contributed by atoms with Crippen LogP contribution in [0.3, 0.4) is 0 Å². The molecule has 0 spiro atoms. The number of aromatic nitrogens is 2. The first kappa shape index (κ1) is 8.94. The smallest absolute Gasteiger partial charge is 0.220 e. The van der Waals surface area contributed by atoms with Crippen molar-refractivity contribution in [1.82, 2.24) is 9.97 Å². The average molecular weight is 187 g/mol. The number of hydrogen-bond acceptors (Lipinski definition) is 3. The molecule has 1 aliphatic carbocycles. The average Bonchev–Trinajstić information content (AvgIpc) is 2.19. The van der Waals surface area contributed by atoms with Crippen molar-refractivity contribution in [2.45, 2.75) is 18.8 Å². The van der Waals surface area contributed by atoms with Crippen LogP contribution in [0.1, 0.15) is 19.0 Å². The molecule has 0 radical (unpaired) electrons. The highest BCUT2D eigenvalue weighted by molar-refractivity contribution is 5.35. The first-order valence-corrected chi connectivity index (χ1v) is 4.65. The normalized spacial score (nSPS) is 18.4. The van der Waals surface area contributed by atoms with Gasteiger partial charge in [0.15, 0.2) is 0 Å². The fourth-order valence-electron chi connectivity index (χ4n) is 1.60. The minimum atomic E-state index is -0.130. The SMILES string of the molecule is CC1(c2ccnc(N)n2)C=CCC=C1. The standard InChI is InChI=1S/C11H13N3/c1-11(6-3-2-4-7-11)9-5-8-13-10(12)14-9/h3-8H,2H2,1H3,(H2,12,13,14). The molecule has 0 unspecified atom stereocenters. The van der Waals surface area contributed by atoms with Crippen molar-refractivity contribution >= 4 is 5.95 Å². The van der Waals surface area contributed by atoms with Crippen molar-refractivity contribution in [3.63, 3.8) is 0 Å². The Morgan fingerprint density at radius 2 is 2.07 bits per heavy atom. The third-order valence-electron chi connectivity index (χ3n) is 2.43. The van der Waals surface area contributed by atoms with Crippen LogP contribution in [0, 0.1) is 0 Å². The van der Waals surface area contributed by atoms with Gasteiger partial charge in [-0.15, -0.1) is 0 Å². The first-order chi connectivity index (χ1) is 6.71. The maximum Gasteiger partial charge on any atom is 0.220 e. The Balaban J connectivity index is 2.43. The molecule has 0 bridgehead atoms. The van der Waals surface area contributed by atoms with E-state index in [0.29, 0.717) is 5.95 Å². The van der Waals surface area contributed by atoms with E-state index < -0.39 is 0 Å². The summed E-state index contributed by atoms with van der Waals surface area (Å²) in [6.45, 7) is 2.11. The molecule has 0 saturated heterocycles. The van der Waals surface area contributed by atoms with Crippen LogP contribution >= 0.6 is 0 Å². The van der Waals surface area contributed by atoms with Gasteiger partial charge >= 0.3 is 0 Å². The molecule has 0 saturated carbocycles. The van der Waals surface area contributed by atoms with Crippen LogP contribution in [0.15, 0.2) is 36.6 Å². The molecule has 2 rings (SSSR count). The molecule has 0 aliphatic heterocycles. The second kappa shape index (κ2) is 3.25. The molecule has 1 heterocycles. The number of nitrogens with two attached hydrogens (primary N) is 1. The van der Waals surface area contributed by atoms with Gasteiger partial charge in [0, 0.05) is 11.6 Å². The van der Waals surface area contributed by atoms with Crippen molar-refractivity contribution in [3.8, 4) is 0 Å². The molecule has 0 aromatic carbocycles. The zero-order chi connectivity index (χ0) is 10.0. The predicted molar refractivity (Wildman–Crippen MR) is 56.7 cm³/mol. The van der Waals surface area contributed by atoms with Crippen LogP contribution < -0.4 is 5.73 Å². The van der Waals surface area contributed by atoms with Gasteiger partial charge in [0.25, 0.3) is 0 Å². The maximum absolute atomic E-state index is 5.55. The zero-order valence-corrected chi connectivity index (χ0v) is 8.14. The molecule has 1 aromatic rings. The Labute approximate surface area is 83.4 Å². The number of allylic oxidation sites excluding steroid dienone is 4. The number of hydrogen-bond donors (Lipinski definition) is 1. The van der Waals surface area contributed by atoms with E-state index in [0.717, 1.165) is 12.1 Å². The second-order valence-electron chi connectivity index (χ2n) is 3.62. The summed E-state index contributed by atoms with van der Waals surface area (Å²) in [5.74, 6) is 0.330. The van der Waals surface area contributed by atoms with Gasteiger partial charge in [-0.05, 0) is 19.4 Å². The Morgan fingerprint density at radius 1 is 1.36 bits per heavy atom. The fraction of sp³-hybridized carbons (Fsp3) is 0.273. The summed E-state index contributed by atoms with van der Waals surface area (Å²) < 4.78 is 0. The molecular formula is C11H13N3. The molecule has 0 atom stereocenters. The van der Waals surface area contributed by atoms with Crippen LogP contribution in [0.2, 0.25) is 0 Å². The van der Waals surface area contributed by atoms with Crippen LogP contribution in [-0.2, 0) is 5.41 Å². The van der Waals surface area contributed by atoms with Gasteiger partial charge in [-0.1, -0.05) is 24.3 Å². The van der Waals surface area contributed by atoms with E-state index >= 15 is 0 Å². The quantitative estimate of drug-likeness (QED) is 0.682. The van der Waals surface area contributed by atoms with Crippen molar-refractivity contribution < 1.29 is 0 Å². The lowest BCUT2D eigenvalue weighted by Gasteiger charge is -2.23. The third-order valence-corrected chi connectivity index (χ3v) is 2.43. The Morgan fingerprint density at radius 3 is 2.71 bits per heavy atom. The van der Waals surface area contributed by atoms with Gasteiger partial charge in [0.05, 0.1) is 5.69 Å². The minimum Gasteiger partial charge on any atom is -0.368 e. The number of nitrogens with zero attached hydrogens (tertiary/aromatic N) is 2. The highest BCUT2D eigenvalue weighted by Crippen LogP contribution is 2.28. The lowest BCUT2D eigenvalue weighted by Crippen LogP contribution is -2.19. The van der Waals surface area contributed by atoms with E-state index in [2.05, 4.69) is 41.2 Å². The lowest BCUT2D eigenvalue weighted by atomic mass is 9.83. The van der Waals surface area contributed by atoms with Gasteiger partial charge in [0.2, 0.25) is 5.95 Å². The molecule has 14 heavy (non-hydrogen) atoms. The van der Waals surface area contributed by atoms with Gasteiger partial charge in [-0.25, -0.2) is 9.97 Å². The molecule has 2 N–H and O–H groups in total. The summed E-state index contributed by atoms with van der Waals surface area (Å²) in [5.41, 5.74) is 6.37. The summed E-state index contributed by atoms with van der Waals surface area (Å²) >= 11 is 0. The first-order valence-electron chi connectivity index (χ1n) is 4.65.